The minimum Gasteiger partial charge on any atom is -0.465 e. The van der Waals surface area contributed by atoms with E-state index in [2.05, 4.69) is 4.74 Å². The second-order valence-electron chi connectivity index (χ2n) is 4.20. The van der Waals surface area contributed by atoms with E-state index in [1.165, 1.54) is 7.11 Å². The monoisotopic (exact) mass is 236 g/mol. The van der Waals surface area contributed by atoms with E-state index >= 15 is 0 Å². The van der Waals surface area contributed by atoms with Gasteiger partial charge in [-0.05, 0) is 24.6 Å². The molecule has 2 rings (SSSR count). The van der Waals surface area contributed by atoms with Gasteiger partial charge >= 0.3 is 5.97 Å². The maximum absolute atomic E-state index is 11.3. The standard InChI is InChI=1S/C13H16O4/c1-13(16-7-8-17-13)9-10-3-5-11(6-4-10)12(14)15-2/h3-6H,7-9H2,1-2H3. The predicted molar refractivity (Wildman–Crippen MR) is 61.8 cm³/mol. The quantitative estimate of drug-likeness (QED) is 0.750. The molecule has 1 fully saturated rings. The topological polar surface area (TPSA) is 44.8 Å². The van der Waals surface area contributed by atoms with Gasteiger partial charge < -0.3 is 14.2 Å². The van der Waals surface area contributed by atoms with Gasteiger partial charge in [0, 0.05) is 6.42 Å². The lowest BCUT2D eigenvalue weighted by atomic mass is 10.0. The summed E-state index contributed by atoms with van der Waals surface area (Å²) in [5, 5.41) is 0. The van der Waals surface area contributed by atoms with Gasteiger partial charge in [-0.25, -0.2) is 4.79 Å². The van der Waals surface area contributed by atoms with Crippen molar-refractivity contribution in [1.82, 2.24) is 0 Å². The van der Waals surface area contributed by atoms with Crippen molar-refractivity contribution in [3.63, 3.8) is 0 Å². The lowest BCUT2D eigenvalue weighted by Crippen LogP contribution is -2.28. The van der Waals surface area contributed by atoms with Crippen molar-refractivity contribution in [3.8, 4) is 0 Å². The number of carbonyl (C=O) groups excluding carboxylic acids is 1. The van der Waals surface area contributed by atoms with Crippen LogP contribution in [0.25, 0.3) is 0 Å². The van der Waals surface area contributed by atoms with Gasteiger partial charge in [0.1, 0.15) is 0 Å². The summed E-state index contributed by atoms with van der Waals surface area (Å²) < 4.78 is 15.7. The molecule has 4 nitrogen and oxygen atoms in total. The van der Waals surface area contributed by atoms with Crippen molar-refractivity contribution in [2.24, 2.45) is 0 Å². The summed E-state index contributed by atoms with van der Waals surface area (Å²) in [7, 11) is 1.37. The summed E-state index contributed by atoms with van der Waals surface area (Å²) in [6.07, 6.45) is 0.675. The SMILES string of the molecule is COC(=O)c1ccc(CC2(C)OCCO2)cc1. The minimum atomic E-state index is -0.535. The first-order valence-electron chi connectivity index (χ1n) is 5.58. The Morgan fingerprint density at radius 2 is 1.88 bits per heavy atom. The van der Waals surface area contributed by atoms with Crippen molar-refractivity contribution in [3.05, 3.63) is 35.4 Å². The third kappa shape index (κ3) is 2.84. The van der Waals surface area contributed by atoms with Gasteiger partial charge in [0.2, 0.25) is 0 Å². The Hall–Kier alpha value is -1.39. The van der Waals surface area contributed by atoms with Crippen LogP contribution in [0.5, 0.6) is 0 Å². The Bertz CT molecular complexity index is 390. The Balaban J connectivity index is 2.05. The van der Waals surface area contributed by atoms with Gasteiger partial charge in [0.25, 0.3) is 0 Å². The van der Waals surface area contributed by atoms with Gasteiger partial charge in [0.05, 0.1) is 25.9 Å². The molecule has 0 amide bonds. The fourth-order valence-electron chi connectivity index (χ4n) is 1.91. The third-order valence-electron chi connectivity index (χ3n) is 2.80. The van der Waals surface area contributed by atoms with Crippen molar-refractivity contribution in [2.45, 2.75) is 19.1 Å². The van der Waals surface area contributed by atoms with Crippen LogP contribution >= 0.6 is 0 Å². The Morgan fingerprint density at radius 1 is 1.29 bits per heavy atom. The van der Waals surface area contributed by atoms with Crippen LogP contribution in [0.2, 0.25) is 0 Å². The molecule has 1 aliphatic rings. The highest BCUT2D eigenvalue weighted by atomic mass is 16.7. The number of methoxy groups -OCH3 is 1. The predicted octanol–water partition coefficient (Wildman–Crippen LogP) is 1.78. The lowest BCUT2D eigenvalue weighted by molar-refractivity contribution is -0.140. The smallest absolute Gasteiger partial charge is 0.337 e. The molecule has 1 aliphatic heterocycles. The van der Waals surface area contributed by atoms with Gasteiger partial charge in [-0.2, -0.15) is 0 Å². The second-order valence-corrected chi connectivity index (χ2v) is 4.20. The number of rotatable bonds is 3. The van der Waals surface area contributed by atoms with Crippen LogP contribution < -0.4 is 0 Å². The first-order chi connectivity index (χ1) is 8.13. The molecule has 0 saturated carbocycles. The number of benzene rings is 1. The summed E-state index contributed by atoms with van der Waals surface area (Å²) in [6, 6.07) is 7.28. The molecule has 1 heterocycles. The molecule has 1 aromatic carbocycles. The summed E-state index contributed by atoms with van der Waals surface area (Å²) in [4.78, 5) is 11.3. The molecule has 0 unspecified atom stereocenters. The van der Waals surface area contributed by atoms with Crippen LogP contribution in [-0.4, -0.2) is 32.1 Å². The first-order valence-corrected chi connectivity index (χ1v) is 5.58. The van der Waals surface area contributed by atoms with Crippen LogP contribution in [0.3, 0.4) is 0 Å². The average molecular weight is 236 g/mol. The summed E-state index contributed by atoms with van der Waals surface area (Å²) >= 11 is 0. The number of ether oxygens (including phenoxy) is 3. The fourth-order valence-corrected chi connectivity index (χ4v) is 1.91. The average Bonchev–Trinajstić information content (AvgIpc) is 2.76. The van der Waals surface area contributed by atoms with Crippen LogP contribution in [0.15, 0.2) is 24.3 Å². The van der Waals surface area contributed by atoms with E-state index in [0.717, 1.165) is 5.56 Å². The molecule has 92 valence electrons. The highest BCUT2D eigenvalue weighted by Gasteiger charge is 2.30. The van der Waals surface area contributed by atoms with E-state index in [9.17, 15) is 4.79 Å². The van der Waals surface area contributed by atoms with E-state index < -0.39 is 5.79 Å². The van der Waals surface area contributed by atoms with Gasteiger partial charge in [-0.15, -0.1) is 0 Å². The van der Waals surface area contributed by atoms with Gasteiger partial charge in [0.15, 0.2) is 5.79 Å². The number of hydrogen-bond donors (Lipinski definition) is 0. The van der Waals surface area contributed by atoms with Crippen molar-refractivity contribution >= 4 is 5.97 Å². The molecule has 0 radical (unpaired) electrons. The third-order valence-corrected chi connectivity index (χ3v) is 2.80. The molecule has 0 spiro atoms. The van der Waals surface area contributed by atoms with Crippen LogP contribution in [-0.2, 0) is 20.6 Å². The zero-order valence-electron chi connectivity index (χ0n) is 10.1. The van der Waals surface area contributed by atoms with Crippen molar-refractivity contribution in [2.75, 3.05) is 20.3 Å². The number of esters is 1. The fraction of sp³-hybridized carbons (Fsp3) is 0.462. The molecule has 0 aliphatic carbocycles. The maximum atomic E-state index is 11.3. The highest BCUT2D eigenvalue weighted by molar-refractivity contribution is 5.89. The molecule has 4 heteroatoms. The maximum Gasteiger partial charge on any atom is 0.337 e. The van der Waals surface area contributed by atoms with Crippen LogP contribution in [0, 0.1) is 0 Å². The number of hydrogen-bond acceptors (Lipinski definition) is 4. The normalized spacial score (nSPS) is 18.0. The van der Waals surface area contributed by atoms with E-state index in [1.54, 1.807) is 12.1 Å². The van der Waals surface area contributed by atoms with Crippen LogP contribution in [0.1, 0.15) is 22.8 Å². The highest BCUT2D eigenvalue weighted by Crippen LogP contribution is 2.23. The summed E-state index contributed by atoms with van der Waals surface area (Å²) in [5.41, 5.74) is 1.62. The Labute approximate surface area is 100 Å². The van der Waals surface area contributed by atoms with Crippen molar-refractivity contribution < 1.29 is 19.0 Å². The Morgan fingerprint density at radius 3 is 2.41 bits per heavy atom. The number of carbonyl (C=O) groups is 1. The molecule has 0 bridgehead atoms. The lowest BCUT2D eigenvalue weighted by Gasteiger charge is -2.22. The second kappa shape index (κ2) is 4.85. The first kappa shape index (κ1) is 12.1. The van der Waals surface area contributed by atoms with Gasteiger partial charge in [-0.3, -0.25) is 0 Å². The van der Waals surface area contributed by atoms with Crippen molar-refractivity contribution in [1.29, 1.82) is 0 Å². The van der Waals surface area contributed by atoms with E-state index in [1.807, 2.05) is 19.1 Å². The molecule has 0 atom stereocenters. The zero-order chi connectivity index (χ0) is 12.3. The van der Waals surface area contributed by atoms with Gasteiger partial charge in [-0.1, -0.05) is 12.1 Å². The molecule has 0 aromatic heterocycles. The molecular weight excluding hydrogens is 220 g/mol. The largest absolute Gasteiger partial charge is 0.465 e. The molecule has 1 saturated heterocycles. The Kier molecular flexibility index (Phi) is 3.45. The zero-order valence-corrected chi connectivity index (χ0v) is 10.1. The van der Waals surface area contributed by atoms with E-state index in [0.29, 0.717) is 25.2 Å². The summed E-state index contributed by atoms with van der Waals surface area (Å²) in [5.74, 6) is -0.858. The molecule has 1 aromatic rings. The summed E-state index contributed by atoms with van der Waals surface area (Å²) in [6.45, 7) is 3.20. The van der Waals surface area contributed by atoms with E-state index in [-0.39, 0.29) is 5.97 Å². The van der Waals surface area contributed by atoms with E-state index in [4.69, 9.17) is 9.47 Å². The minimum absolute atomic E-state index is 0.323. The molecular formula is C13H16O4. The van der Waals surface area contributed by atoms with Crippen LogP contribution in [0.4, 0.5) is 0 Å². The molecule has 17 heavy (non-hydrogen) atoms. The molecule has 0 N–H and O–H groups in total.